The molecule has 162 valence electrons. The molecule has 3 N–H and O–H groups in total. The lowest BCUT2D eigenvalue weighted by Gasteiger charge is -2.09. The van der Waals surface area contributed by atoms with E-state index in [1.54, 1.807) is 12.1 Å². The minimum Gasteiger partial charge on any atom is -0.505 e. The van der Waals surface area contributed by atoms with Gasteiger partial charge < -0.3 is 20.3 Å². The molecule has 2 aromatic carbocycles. The summed E-state index contributed by atoms with van der Waals surface area (Å²) in [5.41, 5.74) is -0.0902. The number of aromatic hydroxyl groups is 1. The number of aromatic nitrogens is 1. The number of nitrogens with zero attached hydrogens (tertiary/aromatic N) is 1. The zero-order valence-electron chi connectivity index (χ0n) is 16.5. The van der Waals surface area contributed by atoms with Crippen LogP contribution < -0.4 is 10.1 Å². The molecule has 3 rings (SSSR count). The molecule has 0 unspecified atom stereocenters. The molecule has 1 amide bonds. The maximum atomic E-state index is 13.0. The Morgan fingerprint density at radius 1 is 1.06 bits per heavy atom. The molecule has 3 aromatic rings. The van der Waals surface area contributed by atoms with E-state index in [0.29, 0.717) is 17.7 Å². The Morgan fingerprint density at radius 3 is 2.39 bits per heavy atom. The van der Waals surface area contributed by atoms with E-state index in [1.807, 2.05) is 6.92 Å². The quantitative estimate of drug-likeness (QED) is 0.481. The maximum absolute atomic E-state index is 13.0. The third-order valence-corrected chi connectivity index (χ3v) is 6.07. The van der Waals surface area contributed by atoms with Crippen molar-refractivity contribution in [2.24, 2.45) is 0 Å². The van der Waals surface area contributed by atoms with Gasteiger partial charge in [-0.1, -0.05) is 6.92 Å². The Kier molecular flexibility index (Phi) is 6.40. The van der Waals surface area contributed by atoms with Crippen LogP contribution in [0.15, 0.2) is 58.3 Å². The number of hydrogen-bond donors (Lipinski definition) is 3. The standard InChI is InChI=1S/C21H20N2O7S/c1-2-9-30-14-3-5-15(6-4-14)31(28,29)16-7-8-17-13(10-16)11-18(24)20(23-17)21(27)22-12-19(25)26/h3-8,10-11,24H,2,9,12H2,1H3,(H,22,27)(H,25,26). The van der Waals surface area contributed by atoms with Gasteiger partial charge in [-0.3, -0.25) is 9.59 Å². The van der Waals surface area contributed by atoms with Gasteiger partial charge in [-0.05, 0) is 55.0 Å². The Labute approximate surface area is 178 Å². The number of aliphatic carboxylic acids is 1. The summed E-state index contributed by atoms with van der Waals surface area (Å²) in [6, 6.07) is 11.4. The second kappa shape index (κ2) is 9.00. The largest absolute Gasteiger partial charge is 0.505 e. The summed E-state index contributed by atoms with van der Waals surface area (Å²) < 4.78 is 31.4. The van der Waals surface area contributed by atoms with Crippen LogP contribution in [-0.2, 0) is 14.6 Å². The van der Waals surface area contributed by atoms with E-state index in [0.717, 1.165) is 6.42 Å². The molecular formula is C21H20N2O7S. The van der Waals surface area contributed by atoms with E-state index in [2.05, 4.69) is 10.3 Å². The Morgan fingerprint density at radius 2 is 1.74 bits per heavy atom. The molecule has 9 nitrogen and oxygen atoms in total. The second-order valence-electron chi connectivity index (χ2n) is 6.61. The van der Waals surface area contributed by atoms with Crippen LogP contribution in [0.4, 0.5) is 0 Å². The minimum atomic E-state index is -3.83. The van der Waals surface area contributed by atoms with Crippen molar-refractivity contribution in [2.45, 2.75) is 23.1 Å². The molecule has 0 aliphatic rings. The summed E-state index contributed by atoms with van der Waals surface area (Å²) in [6.45, 7) is 1.87. The number of benzene rings is 2. The van der Waals surface area contributed by atoms with Crippen LogP contribution in [0.1, 0.15) is 23.8 Å². The molecule has 1 heterocycles. The van der Waals surface area contributed by atoms with Crippen LogP contribution >= 0.6 is 0 Å². The number of ether oxygens (including phenoxy) is 1. The number of nitrogens with one attached hydrogen (secondary N) is 1. The highest BCUT2D eigenvalue weighted by Crippen LogP contribution is 2.28. The van der Waals surface area contributed by atoms with Crippen LogP contribution in [0.5, 0.6) is 11.5 Å². The predicted molar refractivity (Wildman–Crippen MR) is 111 cm³/mol. The van der Waals surface area contributed by atoms with Gasteiger partial charge in [0.15, 0.2) is 5.69 Å². The molecule has 31 heavy (non-hydrogen) atoms. The molecule has 0 saturated heterocycles. The monoisotopic (exact) mass is 444 g/mol. The van der Waals surface area contributed by atoms with Crippen molar-refractivity contribution in [1.82, 2.24) is 10.3 Å². The van der Waals surface area contributed by atoms with E-state index in [-0.39, 0.29) is 21.0 Å². The summed E-state index contributed by atoms with van der Waals surface area (Å²) >= 11 is 0. The molecular weight excluding hydrogens is 424 g/mol. The van der Waals surface area contributed by atoms with Gasteiger partial charge in [-0.25, -0.2) is 13.4 Å². The van der Waals surface area contributed by atoms with Crippen molar-refractivity contribution in [3.8, 4) is 11.5 Å². The number of carboxylic acids is 1. The second-order valence-corrected chi connectivity index (χ2v) is 8.56. The molecule has 0 aliphatic heterocycles. The number of pyridine rings is 1. The highest BCUT2D eigenvalue weighted by Gasteiger charge is 2.20. The first kappa shape index (κ1) is 22.0. The lowest BCUT2D eigenvalue weighted by atomic mass is 10.2. The number of carbonyl (C=O) groups is 2. The normalized spacial score (nSPS) is 11.3. The molecule has 0 saturated carbocycles. The van der Waals surface area contributed by atoms with Gasteiger partial charge in [0.1, 0.15) is 18.0 Å². The highest BCUT2D eigenvalue weighted by atomic mass is 32.2. The van der Waals surface area contributed by atoms with Crippen molar-refractivity contribution in [3.05, 3.63) is 54.2 Å². The predicted octanol–water partition coefficient (Wildman–Crippen LogP) is 2.38. The van der Waals surface area contributed by atoms with Gasteiger partial charge in [-0.2, -0.15) is 0 Å². The van der Waals surface area contributed by atoms with Gasteiger partial charge >= 0.3 is 5.97 Å². The fraction of sp³-hybridized carbons (Fsp3) is 0.190. The van der Waals surface area contributed by atoms with E-state index in [9.17, 15) is 23.1 Å². The van der Waals surface area contributed by atoms with Crippen LogP contribution in [-0.4, -0.2) is 48.6 Å². The van der Waals surface area contributed by atoms with Crippen LogP contribution in [0, 0.1) is 0 Å². The lowest BCUT2D eigenvalue weighted by Crippen LogP contribution is -2.29. The van der Waals surface area contributed by atoms with Crippen LogP contribution in [0.2, 0.25) is 0 Å². The SMILES string of the molecule is CCCOc1ccc(S(=O)(=O)c2ccc3nc(C(=O)NCC(=O)O)c(O)cc3c2)cc1. The zero-order valence-corrected chi connectivity index (χ0v) is 17.3. The number of carboxylic acid groups (broad SMARTS) is 1. The average molecular weight is 444 g/mol. The number of rotatable bonds is 8. The summed E-state index contributed by atoms with van der Waals surface area (Å²) in [5, 5.41) is 21.2. The molecule has 0 fully saturated rings. The van der Waals surface area contributed by atoms with Gasteiger partial charge in [0.2, 0.25) is 9.84 Å². The first-order valence-electron chi connectivity index (χ1n) is 9.34. The zero-order chi connectivity index (χ0) is 22.6. The van der Waals surface area contributed by atoms with Gasteiger partial charge in [0.05, 0.1) is 21.9 Å². The van der Waals surface area contributed by atoms with Crippen molar-refractivity contribution < 1.29 is 33.0 Å². The molecule has 0 atom stereocenters. The Balaban J connectivity index is 1.92. The third kappa shape index (κ3) is 4.92. The summed E-state index contributed by atoms with van der Waals surface area (Å²) in [4.78, 5) is 26.7. The van der Waals surface area contributed by atoms with Crippen molar-refractivity contribution in [3.63, 3.8) is 0 Å². The average Bonchev–Trinajstić information content (AvgIpc) is 2.75. The number of fused-ring (bicyclic) bond motifs is 1. The highest BCUT2D eigenvalue weighted by molar-refractivity contribution is 7.91. The first-order valence-corrected chi connectivity index (χ1v) is 10.8. The lowest BCUT2D eigenvalue weighted by molar-refractivity contribution is -0.135. The molecule has 1 aromatic heterocycles. The van der Waals surface area contributed by atoms with E-state index >= 15 is 0 Å². The smallest absolute Gasteiger partial charge is 0.322 e. The molecule has 0 bridgehead atoms. The van der Waals surface area contributed by atoms with E-state index < -0.39 is 34.0 Å². The molecule has 0 spiro atoms. The third-order valence-electron chi connectivity index (χ3n) is 4.30. The molecule has 0 aliphatic carbocycles. The summed E-state index contributed by atoms with van der Waals surface area (Å²) in [5.74, 6) is -2.03. The maximum Gasteiger partial charge on any atom is 0.322 e. The molecule has 0 radical (unpaired) electrons. The van der Waals surface area contributed by atoms with Crippen molar-refractivity contribution in [2.75, 3.05) is 13.2 Å². The molecule has 10 heteroatoms. The van der Waals surface area contributed by atoms with E-state index in [1.165, 1.54) is 36.4 Å². The first-order chi connectivity index (χ1) is 14.7. The summed E-state index contributed by atoms with van der Waals surface area (Å²) in [6.07, 6.45) is 0.834. The van der Waals surface area contributed by atoms with Gasteiger partial charge in [0, 0.05) is 5.39 Å². The fourth-order valence-electron chi connectivity index (χ4n) is 2.79. The summed E-state index contributed by atoms with van der Waals surface area (Å²) in [7, 11) is -3.83. The topological polar surface area (TPSA) is 143 Å². The van der Waals surface area contributed by atoms with E-state index in [4.69, 9.17) is 9.84 Å². The minimum absolute atomic E-state index is 0.00787. The van der Waals surface area contributed by atoms with Crippen LogP contribution in [0.25, 0.3) is 10.9 Å². The Hall–Kier alpha value is -3.66. The van der Waals surface area contributed by atoms with Gasteiger partial charge in [-0.15, -0.1) is 0 Å². The number of sulfone groups is 1. The Bertz CT molecular complexity index is 1240. The fourth-order valence-corrected chi connectivity index (χ4v) is 4.08. The number of carbonyl (C=O) groups excluding carboxylic acids is 1. The number of amides is 1. The van der Waals surface area contributed by atoms with Crippen molar-refractivity contribution >= 4 is 32.6 Å². The van der Waals surface area contributed by atoms with Crippen molar-refractivity contribution in [1.29, 1.82) is 0 Å². The van der Waals surface area contributed by atoms with Crippen LogP contribution in [0.3, 0.4) is 0 Å². The number of hydrogen-bond acceptors (Lipinski definition) is 7. The van der Waals surface area contributed by atoms with Gasteiger partial charge in [0.25, 0.3) is 5.91 Å².